The van der Waals surface area contributed by atoms with Gasteiger partial charge in [0.2, 0.25) is 5.91 Å². The van der Waals surface area contributed by atoms with Crippen molar-refractivity contribution in [3.8, 4) is 11.1 Å². The number of carbonyl (C=O) groups is 3. The Bertz CT molecular complexity index is 1700. The summed E-state index contributed by atoms with van der Waals surface area (Å²) in [7, 11) is -2.86. The first kappa shape index (κ1) is 31.4. The van der Waals surface area contributed by atoms with Gasteiger partial charge in [0, 0.05) is 67.0 Å². The van der Waals surface area contributed by atoms with Crippen LogP contribution in [-0.4, -0.2) is 85.3 Å². The number of pyridine rings is 2. The third kappa shape index (κ3) is 6.60. The number of hydrogen-bond donors (Lipinski definition) is 1. The second kappa shape index (κ2) is 12.8. The normalized spacial score (nSPS) is 13.8. The Hall–Kier alpha value is -4.56. The summed E-state index contributed by atoms with van der Waals surface area (Å²) in [6.45, 7) is 8.11. The number of piperazine rings is 1. The van der Waals surface area contributed by atoms with Crippen LogP contribution < -0.4 is 9.62 Å². The molecule has 0 radical (unpaired) electrons. The van der Waals surface area contributed by atoms with Crippen molar-refractivity contribution in [2.75, 3.05) is 49.4 Å². The van der Waals surface area contributed by atoms with E-state index in [0.29, 0.717) is 42.0 Å². The van der Waals surface area contributed by atoms with Crippen LogP contribution in [0.25, 0.3) is 16.7 Å². The number of benzene rings is 1. The van der Waals surface area contributed by atoms with E-state index >= 15 is 4.39 Å². The third-order valence-electron chi connectivity index (χ3n) is 7.12. The molecular weight excluding hydrogens is 582 g/mol. The summed E-state index contributed by atoms with van der Waals surface area (Å²) in [5.74, 6) is -3.24. The van der Waals surface area contributed by atoms with Gasteiger partial charge in [-0.15, -0.1) is 0 Å². The molecule has 11 nitrogen and oxygen atoms in total. The SMILES string of the molecule is C=C(C(=O)c1c(F)ccc(NS(=O)(=O)N(C)CC)c1F)c1cc(-c2ccc(N3CCN(CC=O)C(=O)C3)nc2)cnc1C. The van der Waals surface area contributed by atoms with Crippen LogP contribution in [0.1, 0.15) is 28.5 Å². The molecule has 0 bridgehead atoms. The minimum absolute atomic E-state index is 0.0513. The molecule has 0 atom stereocenters. The third-order valence-corrected chi connectivity index (χ3v) is 8.67. The fourth-order valence-electron chi connectivity index (χ4n) is 4.43. The van der Waals surface area contributed by atoms with Crippen LogP contribution in [0.4, 0.5) is 20.3 Å². The highest BCUT2D eigenvalue weighted by molar-refractivity contribution is 7.90. The Labute approximate surface area is 248 Å². The van der Waals surface area contributed by atoms with Gasteiger partial charge in [-0.1, -0.05) is 13.5 Å². The van der Waals surface area contributed by atoms with Crippen LogP contribution in [0.5, 0.6) is 0 Å². The largest absolute Gasteiger partial charge is 0.346 e. The lowest BCUT2D eigenvalue weighted by Gasteiger charge is -2.34. The molecule has 1 aliphatic rings. The van der Waals surface area contributed by atoms with Gasteiger partial charge in [-0.05, 0) is 37.3 Å². The molecule has 3 aromatic rings. The number of anilines is 2. The Kier molecular flexibility index (Phi) is 9.30. The van der Waals surface area contributed by atoms with Crippen molar-refractivity contribution in [3.63, 3.8) is 0 Å². The highest BCUT2D eigenvalue weighted by Crippen LogP contribution is 2.30. The number of carbonyl (C=O) groups excluding carboxylic acids is 3. The Morgan fingerprint density at radius 1 is 1.14 bits per heavy atom. The average Bonchev–Trinajstić information content (AvgIpc) is 2.99. The molecule has 4 rings (SSSR count). The monoisotopic (exact) mass is 612 g/mol. The number of halogens is 2. The Morgan fingerprint density at radius 3 is 2.49 bits per heavy atom. The van der Waals surface area contributed by atoms with Crippen molar-refractivity contribution in [2.45, 2.75) is 13.8 Å². The second-order valence-electron chi connectivity index (χ2n) is 9.80. The van der Waals surface area contributed by atoms with Crippen molar-refractivity contribution in [2.24, 2.45) is 0 Å². The smallest absolute Gasteiger partial charge is 0.301 e. The molecule has 1 N–H and O–H groups in total. The number of aldehydes is 1. The molecule has 0 saturated carbocycles. The van der Waals surface area contributed by atoms with Gasteiger partial charge in [0.1, 0.15) is 17.9 Å². The lowest BCUT2D eigenvalue weighted by Crippen LogP contribution is -2.51. The number of Topliss-reactive ketones (excluding diaryl/α,β-unsaturated/α-hetero) is 1. The number of rotatable bonds is 11. The summed E-state index contributed by atoms with van der Waals surface area (Å²) in [5.41, 5.74) is -0.00309. The first-order valence-electron chi connectivity index (χ1n) is 13.2. The van der Waals surface area contributed by atoms with Crippen molar-refractivity contribution < 1.29 is 31.6 Å². The highest BCUT2D eigenvalue weighted by Gasteiger charge is 2.27. The number of ketones is 1. The summed E-state index contributed by atoms with van der Waals surface area (Å²) < 4.78 is 57.9. The molecule has 0 unspecified atom stereocenters. The van der Waals surface area contributed by atoms with E-state index in [1.165, 1.54) is 11.9 Å². The molecule has 226 valence electrons. The molecular formula is C29H30F2N6O5S. The van der Waals surface area contributed by atoms with E-state index in [1.807, 2.05) is 4.72 Å². The fourth-order valence-corrected chi connectivity index (χ4v) is 5.36. The molecule has 1 amide bonds. The second-order valence-corrected chi connectivity index (χ2v) is 11.6. The zero-order valence-electron chi connectivity index (χ0n) is 23.8. The minimum atomic E-state index is -4.14. The molecule has 0 aliphatic carbocycles. The first-order chi connectivity index (χ1) is 20.4. The standard InChI is InChI=1S/C29H30F2N6O5S/c1-5-35(4)43(41,42)34-24-8-7-23(30)27(28(24)31)29(40)18(2)22-14-21(16-32-19(22)3)20-6-9-25(33-15-20)37-11-10-36(12-13-38)26(39)17-37/h6-9,13-16,34H,2,5,10-12,17H2,1,3-4H3. The molecule has 2 aromatic heterocycles. The summed E-state index contributed by atoms with van der Waals surface area (Å²) >= 11 is 0. The van der Waals surface area contributed by atoms with E-state index in [1.54, 1.807) is 49.3 Å². The van der Waals surface area contributed by atoms with Crippen LogP contribution >= 0.6 is 0 Å². The van der Waals surface area contributed by atoms with Gasteiger partial charge in [0.15, 0.2) is 11.6 Å². The van der Waals surface area contributed by atoms with Crippen LogP contribution in [0.15, 0.2) is 49.3 Å². The van der Waals surface area contributed by atoms with E-state index in [2.05, 4.69) is 16.5 Å². The summed E-state index contributed by atoms with van der Waals surface area (Å²) in [6.07, 6.45) is 3.81. The molecule has 3 heterocycles. The molecule has 43 heavy (non-hydrogen) atoms. The predicted molar refractivity (Wildman–Crippen MR) is 158 cm³/mol. The average molecular weight is 613 g/mol. The first-order valence-corrected chi connectivity index (χ1v) is 14.7. The van der Waals surface area contributed by atoms with E-state index in [-0.39, 0.29) is 36.7 Å². The number of aryl methyl sites for hydroxylation is 1. The van der Waals surface area contributed by atoms with E-state index in [0.717, 1.165) is 16.4 Å². The molecule has 1 aliphatic heterocycles. The minimum Gasteiger partial charge on any atom is -0.346 e. The van der Waals surface area contributed by atoms with Crippen LogP contribution in [0, 0.1) is 18.6 Å². The Morgan fingerprint density at radius 2 is 1.86 bits per heavy atom. The van der Waals surface area contributed by atoms with Crippen molar-refractivity contribution >= 4 is 45.3 Å². The predicted octanol–water partition coefficient (Wildman–Crippen LogP) is 3.08. The molecule has 14 heteroatoms. The zero-order valence-corrected chi connectivity index (χ0v) is 24.6. The van der Waals surface area contributed by atoms with Gasteiger partial charge in [0.25, 0.3) is 0 Å². The summed E-state index contributed by atoms with van der Waals surface area (Å²) in [6, 6.07) is 6.78. The number of aromatic nitrogens is 2. The van der Waals surface area contributed by atoms with Gasteiger partial charge in [-0.3, -0.25) is 19.3 Å². The summed E-state index contributed by atoms with van der Waals surface area (Å²) in [5, 5.41) is 0. The van der Waals surface area contributed by atoms with Crippen LogP contribution in [-0.2, 0) is 19.8 Å². The molecule has 1 fully saturated rings. The van der Waals surface area contributed by atoms with E-state index in [4.69, 9.17) is 0 Å². The van der Waals surface area contributed by atoms with E-state index in [9.17, 15) is 27.2 Å². The van der Waals surface area contributed by atoms with E-state index < -0.39 is 38.9 Å². The molecule has 1 saturated heterocycles. The maximum Gasteiger partial charge on any atom is 0.301 e. The highest BCUT2D eigenvalue weighted by atomic mass is 32.2. The number of nitrogens with zero attached hydrogens (tertiary/aromatic N) is 5. The number of nitrogens with one attached hydrogen (secondary N) is 1. The van der Waals surface area contributed by atoms with Crippen molar-refractivity contribution in [1.82, 2.24) is 19.2 Å². The number of amides is 1. The summed E-state index contributed by atoms with van der Waals surface area (Å²) in [4.78, 5) is 48.4. The maximum atomic E-state index is 15.4. The topological polar surface area (TPSA) is 133 Å². The van der Waals surface area contributed by atoms with Gasteiger partial charge in [0.05, 0.1) is 24.3 Å². The molecule has 1 aromatic carbocycles. The lowest BCUT2D eigenvalue weighted by atomic mass is 9.94. The maximum absolute atomic E-state index is 15.4. The van der Waals surface area contributed by atoms with Gasteiger partial charge in [-0.2, -0.15) is 12.7 Å². The van der Waals surface area contributed by atoms with Crippen LogP contribution in [0.3, 0.4) is 0 Å². The lowest BCUT2D eigenvalue weighted by molar-refractivity contribution is -0.132. The zero-order chi connectivity index (χ0) is 31.5. The van der Waals surface area contributed by atoms with Crippen LogP contribution in [0.2, 0.25) is 0 Å². The fraction of sp³-hybridized carbons (Fsp3) is 0.276. The van der Waals surface area contributed by atoms with Gasteiger partial charge >= 0.3 is 10.2 Å². The van der Waals surface area contributed by atoms with Gasteiger partial charge < -0.3 is 14.6 Å². The Balaban J connectivity index is 1.58. The van der Waals surface area contributed by atoms with Crippen molar-refractivity contribution in [1.29, 1.82) is 0 Å². The van der Waals surface area contributed by atoms with Crippen molar-refractivity contribution in [3.05, 3.63) is 77.8 Å². The number of allylic oxidation sites excluding steroid dienone is 1. The quantitative estimate of drug-likeness (QED) is 0.199. The molecule has 0 spiro atoms. The number of hydrogen-bond acceptors (Lipinski definition) is 8. The van der Waals surface area contributed by atoms with Gasteiger partial charge in [-0.25, -0.2) is 13.8 Å².